The number of nitrogens with one attached hydrogen (secondary N) is 2. The average molecular weight is 528 g/mol. The number of ether oxygens (including phenoxy) is 1. The third-order valence-corrected chi connectivity index (χ3v) is 8.05. The second-order valence-corrected chi connectivity index (χ2v) is 10.8. The predicted molar refractivity (Wildman–Crippen MR) is 160 cm³/mol. The fourth-order valence-electron chi connectivity index (χ4n) is 5.98. The van der Waals surface area contributed by atoms with E-state index in [4.69, 9.17) is 9.72 Å². The third kappa shape index (κ3) is 6.46. The maximum atomic E-state index is 12.7. The molecule has 39 heavy (non-hydrogen) atoms. The molecule has 1 aromatic carbocycles. The second kappa shape index (κ2) is 12.7. The Balaban J connectivity index is 1.52. The number of nitrogens with zero attached hydrogens (tertiary/aromatic N) is 3. The van der Waals surface area contributed by atoms with Crippen LogP contribution in [0.15, 0.2) is 35.3 Å². The molecule has 206 valence electrons. The highest BCUT2D eigenvalue weighted by Gasteiger charge is 2.23. The number of anilines is 2. The molecule has 7 nitrogen and oxygen atoms in total. The number of rotatable bonds is 7. The van der Waals surface area contributed by atoms with Gasteiger partial charge in [0.25, 0.3) is 5.56 Å². The zero-order valence-corrected chi connectivity index (χ0v) is 23.6. The molecule has 2 aliphatic rings. The van der Waals surface area contributed by atoms with Crippen LogP contribution in [0.2, 0.25) is 0 Å². The molecular formula is C32H41N5O2. The SMILES string of the molecule is CCN(c1cc(C#CCN2CCCCC2)cc2c(NCc3c(C)cc(C)[nH]c3=O)nccc12)C1CCOCC1. The van der Waals surface area contributed by atoms with E-state index < -0.39 is 0 Å². The summed E-state index contributed by atoms with van der Waals surface area (Å²) >= 11 is 0. The van der Waals surface area contributed by atoms with Gasteiger partial charge >= 0.3 is 0 Å². The summed E-state index contributed by atoms with van der Waals surface area (Å²) in [4.78, 5) is 25.3. The lowest BCUT2D eigenvalue weighted by Gasteiger charge is -2.36. The molecule has 2 aromatic heterocycles. The molecule has 3 aromatic rings. The molecule has 7 heteroatoms. The average Bonchev–Trinajstić information content (AvgIpc) is 2.94. The van der Waals surface area contributed by atoms with Crippen LogP contribution in [0.3, 0.4) is 0 Å². The Kier molecular flexibility index (Phi) is 8.85. The van der Waals surface area contributed by atoms with E-state index in [-0.39, 0.29) is 5.56 Å². The largest absolute Gasteiger partial charge is 0.381 e. The first-order chi connectivity index (χ1) is 19.0. The number of aromatic amines is 1. The molecule has 4 heterocycles. The van der Waals surface area contributed by atoms with Gasteiger partial charge < -0.3 is 19.9 Å². The number of benzene rings is 1. The van der Waals surface area contributed by atoms with E-state index in [0.29, 0.717) is 12.6 Å². The van der Waals surface area contributed by atoms with E-state index in [1.165, 1.54) is 24.9 Å². The summed E-state index contributed by atoms with van der Waals surface area (Å²) in [6.45, 7) is 12.1. The fraction of sp³-hybridized carbons (Fsp3) is 0.500. The van der Waals surface area contributed by atoms with Crippen molar-refractivity contribution in [2.75, 3.05) is 49.6 Å². The van der Waals surface area contributed by atoms with Crippen LogP contribution in [-0.2, 0) is 11.3 Å². The Bertz CT molecular complexity index is 1410. The van der Waals surface area contributed by atoms with E-state index in [9.17, 15) is 4.79 Å². The highest BCUT2D eigenvalue weighted by atomic mass is 16.5. The minimum absolute atomic E-state index is 0.0538. The zero-order chi connectivity index (χ0) is 27.2. The van der Waals surface area contributed by atoms with Crippen molar-refractivity contribution in [3.8, 4) is 11.8 Å². The number of hydrogen-bond acceptors (Lipinski definition) is 6. The summed E-state index contributed by atoms with van der Waals surface area (Å²) < 4.78 is 5.67. The molecule has 2 N–H and O–H groups in total. The van der Waals surface area contributed by atoms with Gasteiger partial charge in [-0.15, -0.1) is 0 Å². The van der Waals surface area contributed by atoms with Crippen molar-refractivity contribution in [3.05, 3.63) is 63.2 Å². The number of pyridine rings is 2. The van der Waals surface area contributed by atoms with Gasteiger partial charge in [-0.25, -0.2) is 4.98 Å². The molecule has 2 fully saturated rings. The van der Waals surface area contributed by atoms with Gasteiger partial charge in [-0.05, 0) is 89.4 Å². The lowest BCUT2D eigenvalue weighted by atomic mass is 10.0. The lowest BCUT2D eigenvalue weighted by Crippen LogP contribution is -2.39. The number of likely N-dealkylation sites (tertiary alicyclic amines) is 1. The summed E-state index contributed by atoms with van der Waals surface area (Å²) in [5.41, 5.74) is 4.72. The van der Waals surface area contributed by atoms with Crippen LogP contribution in [0.1, 0.15) is 61.4 Å². The monoisotopic (exact) mass is 527 g/mol. The molecule has 0 bridgehead atoms. The minimum atomic E-state index is -0.0538. The first kappa shape index (κ1) is 27.2. The van der Waals surface area contributed by atoms with E-state index in [1.54, 1.807) is 0 Å². The Morgan fingerprint density at radius 2 is 1.92 bits per heavy atom. The standard InChI is InChI=1S/C32H41N5O2/c1-4-37(26-11-17-39-18-12-26)30-21-25(9-8-16-36-14-6-5-7-15-36)20-28-27(30)10-13-33-31(28)34-22-29-23(2)19-24(3)35-32(29)38/h10,13,19-21,26H,4-7,11-12,14-18,22H2,1-3H3,(H,33,34)(H,35,38). The van der Waals surface area contributed by atoms with Crippen LogP contribution in [0.4, 0.5) is 11.5 Å². The van der Waals surface area contributed by atoms with Crippen molar-refractivity contribution in [1.82, 2.24) is 14.9 Å². The van der Waals surface area contributed by atoms with Gasteiger partial charge in [-0.2, -0.15) is 0 Å². The van der Waals surface area contributed by atoms with Crippen LogP contribution < -0.4 is 15.8 Å². The van der Waals surface area contributed by atoms with Crippen molar-refractivity contribution in [2.45, 2.75) is 65.5 Å². The molecule has 0 atom stereocenters. The molecule has 0 aliphatic carbocycles. The Morgan fingerprint density at radius 1 is 1.13 bits per heavy atom. The zero-order valence-electron chi connectivity index (χ0n) is 23.6. The number of piperidine rings is 1. The quantitative estimate of drug-likeness (QED) is 0.422. The van der Waals surface area contributed by atoms with Crippen LogP contribution in [-0.4, -0.2) is 60.3 Å². The smallest absolute Gasteiger partial charge is 0.253 e. The first-order valence-electron chi connectivity index (χ1n) is 14.4. The Hall–Kier alpha value is -3.34. The fourth-order valence-corrected chi connectivity index (χ4v) is 5.98. The van der Waals surface area contributed by atoms with Crippen molar-refractivity contribution in [2.24, 2.45) is 0 Å². The van der Waals surface area contributed by atoms with Gasteiger partial charge in [0.1, 0.15) is 5.82 Å². The second-order valence-electron chi connectivity index (χ2n) is 10.8. The van der Waals surface area contributed by atoms with Crippen LogP contribution in [0.5, 0.6) is 0 Å². The van der Waals surface area contributed by atoms with Gasteiger partial charge in [0, 0.05) is 71.8 Å². The topological polar surface area (TPSA) is 73.5 Å². The van der Waals surface area contributed by atoms with Crippen molar-refractivity contribution < 1.29 is 4.74 Å². The van der Waals surface area contributed by atoms with Crippen molar-refractivity contribution in [1.29, 1.82) is 0 Å². The van der Waals surface area contributed by atoms with Crippen molar-refractivity contribution >= 4 is 22.3 Å². The Morgan fingerprint density at radius 3 is 2.67 bits per heavy atom. The molecule has 0 unspecified atom stereocenters. The van der Waals surface area contributed by atoms with Gasteiger partial charge in [0.05, 0.1) is 6.54 Å². The van der Waals surface area contributed by atoms with Gasteiger partial charge in [0.15, 0.2) is 0 Å². The van der Waals surface area contributed by atoms with Gasteiger partial charge in [-0.3, -0.25) is 9.69 Å². The molecule has 2 aliphatic heterocycles. The number of hydrogen-bond donors (Lipinski definition) is 2. The lowest BCUT2D eigenvalue weighted by molar-refractivity contribution is 0.0847. The summed E-state index contributed by atoms with van der Waals surface area (Å²) in [6, 6.07) is 8.95. The molecule has 0 spiro atoms. The summed E-state index contributed by atoms with van der Waals surface area (Å²) in [5.74, 6) is 7.70. The number of aryl methyl sites for hydroxylation is 2. The van der Waals surface area contributed by atoms with E-state index in [1.807, 2.05) is 26.1 Å². The number of fused-ring (bicyclic) bond motifs is 1. The van der Waals surface area contributed by atoms with Gasteiger partial charge in [0.2, 0.25) is 0 Å². The third-order valence-electron chi connectivity index (χ3n) is 8.05. The minimum Gasteiger partial charge on any atom is -0.381 e. The first-order valence-corrected chi connectivity index (χ1v) is 14.4. The maximum absolute atomic E-state index is 12.7. The normalized spacial score (nSPS) is 16.6. The van der Waals surface area contributed by atoms with E-state index in [2.05, 4.69) is 57.1 Å². The molecule has 0 saturated carbocycles. The number of aromatic nitrogens is 2. The molecular weight excluding hydrogens is 486 g/mol. The molecule has 0 amide bonds. The highest BCUT2D eigenvalue weighted by molar-refractivity contribution is 6.01. The highest BCUT2D eigenvalue weighted by Crippen LogP contribution is 2.34. The Labute approximate surface area is 232 Å². The van der Waals surface area contributed by atoms with Gasteiger partial charge in [-0.1, -0.05) is 18.3 Å². The molecule has 0 radical (unpaired) electrons. The van der Waals surface area contributed by atoms with Crippen molar-refractivity contribution in [3.63, 3.8) is 0 Å². The maximum Gasteiger partial charge on any atom is 0.253 e. The van der Waals surface area contributed by atoms with E-state index in [0.717, 1.165) is 91.2 Å². The summed E-state index contributed by atoms with van der Waals surface area (Å²) in [6.07, 6.45) is 7.76. The van der Waals surface area contributed by atoms with E-state index >= 15 is 0 Å². The molecule has 2 saturated heterocycles. The predicted octanol–water partition coefficient (Wildman–Crippen LogP) is 4.99. The molecule has 5 rings (SSSR count). The van der Waals surface area contributed by atoms with Crippen LogP contribution in [0.25, 0.3) is 10.8 Å². The summed E-state index contributed by atoms with van der Waals surface area (Å²) in [7, 11) is 0. The summed E-state index contributed by atoms with van der Waals surface area (Å²) in [5, 5.41) is 5.66. The van der Waals surface area contributed by atoms with Crippen LogP contribution in [0, 0.1) is 25.7 Å². The van der Waals surface area contributed by atoms with Crippen LogP contribution >= 0.6 is 0 Å². The number of H-pyrrole nitrogens is 1.